The lowest BCUT2D eigenvalue weighted by molar-refractivity contribution is -0.127. The molecular weight excluding hydrogens is 527 g/mol. The molecule has 10 nitrogen and oxygen atoms in total. The maximum atomic E-state index is 12.3. The first kappa shape index (κ1) is 28.7. The Morgan fingerprint density at radius 2 is 1.88 bits per heavy atom. The molecule has 2 aliphatic rings. The summed E-state index contributed by atoms with van der Waals surface area (Å²) < 4.78 is 10.9. The fraction of sp³-hybridized carbons (Fsp3) is 0.857. The van der Waals surface area contributed by atoms with Crippen molar-refractivity contribution in [3.8, 4) is 0 Å². The van der Waals surface area contributed by atoms with Gasteiger partial charge in [-0.05, 0) is 40.2 Å². The van der Waals surface area contributed by atoms with Crippen molar-refractivity contribution in [2.75, 3.05) is 73.1 Å². The molecule has 186 valence electrons. The van der Waals surface area contributed by atoms with Gasteiger partial charge in [0.2, 0.25) is 5.91 Å². The predicted octanol–water partition coefficient (Wildman–Crippen LogP) is 0.960. The minimum atomic E-state index is -0.510. The van der Waals surface area contributed by atoms with E-state index < -0.39 is 5.60 Å². The smallest absolute Gasteiger partial charge is 0.410 e. The number of ether oxygens (including phenoxy) is 2. The topological polar surface area (TPSA) is 98.7 Å². The maximum Gasteiger partial charge on any atom is 0.410 e. The van der Waals surface area contributed by atoms with Crippen LogP contribution in [0.1, 0.15) is 33.6 Å². The highest BCUT2D eigenvalue weighted by molar-refractivity contribution is 14.0. The molecule has 0 aromatic heterocycles. The Morgan fingerprint density at radius 3 is 2.50 bits per heavy atom. The zero-order chi connectivity index (χ0) is 22.9. The number of hydrogen-bond donors (Lipinski definition) is 2. The summed E-state index contributed by atoms with van der Waals surface area (Å²) in [5, 5.41) is 6.72. The van der Waals surface area contributed by atoms with Crippen molar-refractivity contribution >= 4 is 41.9 Å². The Labute approximate surface area is 209 Å². The van der Waals surface area contributed by atoms with Gasteiger partial charge in [0.1, 0.15) is 12.1 Å². The van der Waals surface area contributed by atoms with Gasteiger partial charge in [0.15, 0.2) is 5.96 Å². The lowest BCUT2D eigenvalue weighted by Gasteiger charge is -2.26. The van der Waals surface area contributed by atoms with E-state index in [1.807, 2.05) is 20.8 Å². The number of nitrogens with one attached hydrogen (secondary N) is 2. The Kier molecular flexibility index (Phi) is 12.6. The average molecular weight is 569 g/mol. The van der Waals surface area contributed by atoms with Crippen molar-refractivity contribution in [3.63, 3.8) is 0 Å². The first-order valence-electron chi connectivity index (χ1n) is 11.2. The van der Waals surface area contributed by atoms with Gasteiger partial charge in [-0.25, -0.2) is 9.79 Å². The zero-order valence-corrected chi connectivity index (χ0v) is 22.5. The highest BCUT2D eigenvalue weighted by Gasteiger charge is 2.30. The van der Waals surface area contributed by atoms with Crippen LogP contribution in [0.2, 0.25) is 0 Å². The van der Waals surface area contributed by atoms with E-state index in [1.54, 1.807) is 19.0 Å². The molecule has 0 aromatic carbocycles. The van der Waals surface area contributed by atoms with Gasteiger partial charge in [0, 0.05) is 52.9 Å². The molecule has 0 spiro atoms. The van der Waals surface area contributed by atoms with Crippen LogP contribution >= 0.6 is 24.0 Å². The average Bonchev–Trinajstić information content (AvgIpc) is 3.17. The van der Waals surface area contributed by atoms with Gasteiger partial charge >= 0.3 is 6.09 Å². The van der Waals surface area contributed by atoms with Crippen molar-refractivity contribution in [2.45, 2.75) is 45.3 Å². The molecule has 11 heteroatoms. The third kappa shape index (κ3) is 11.0. The Bertz CT molecular complexity index is 620. The molecule has 1 unspecified atom stereocenters. The van der Waals surface area contributed by atoms with Crippen molar-refractivity contribution in [1.82, 2.24) is 25.3 Å². The molecule has 0 aliphatic carbocycles. The first-order chi connectivity index (χ1) is 14.6. The molecule has 2 heterocycles. The van der Waals surface area contributed by atoms with Crippen molar-refractivity contribution in [2.24, 2.45) is 4.99 Å². The first-order valence-corrected chi connectivity index (χ1v) is 11.2. The number of rotatable bonds is 7. The number of guanidine groups is 1. The summed E-state index contributed by atoms with van der Waals surface area (Å²) in [6.45, 7) is 12.1. The maximum absolute atomic E-state index is 12.3. The second-order valence-corrected chi connectivity index (χ2v) is 9.24. The number of morpholine rings is 1. The van der Waals surface area contributed by atoms with E-state index in [1.165, 1.54) is 4.90 Å². The van der Waals surface area contributed by atoms with Gasteiger partial charge in [-0.3, -0.25) is 9.69 Å². The summed E-state index contributed by atoms with van der Waals surface area (Å²) in [4.78, 5) is 34.4. The second-order valence-electron chi connectivity index (χ2n) is 9.24. The van der Waals surface area contributed by atoms with Crippen LogP contribution in [-0.2, 0) is 14.3 Å². The lowest BCUT2D eigenvalue weighted by Crippen LogP contribution is -2.46. The number of hydrogen-bond acceptors (Lipinski definition) is 6. The standard InChI is InChI=1S/C21H40N6O4.HI/c1-21(2,3)31-20(29)27-10-7-17(16-27)24-19(23-15-18(28)25(4)5)22-8-6-9-26-11-13-30-14-12-26;/h17H,6-16H2,1-5H3,(H2,22,23,24);1H. The molecule has 1 atom stereocenters. The van der Waals surface area contributed by atoms with Crippen LogP contribution in [0.15, 0.2) is 4.99 Å². The third-order valence-electron chi connectivity index (χ3n) is 5.10. The summed E-state index contributed by atoms with van der Waals surface area (Å²) in [5.41, 5.74) is -0.510. The van der Waals surface area contributed by atoms with Crippen LogP contribution in [0.4, 0.5) is 4.79 Å². The fourth-order valence-corrected chi connectivity index (χ4v) is 3.34. The SMILES string of the molecule is CN(C)C(=O)CN=C(NCCCN1CCOCC1)NC1CCN(C(=O)OC(C)(C)C)C1.I. The summed E-state index contributed by atoms with van der Waals surface area (Å²) in [5.74, 6) is 0.546. The number of amides is 2. The van der Waals surface area contributed by atoms with Crippen LogP contribution in [0.25, 0.3) is 0 Å². The Balaban J connectivity index is 0.00000512. The molecule has 2 fully saturated rings. The minimum Gasteiger partial charge on any atom is -0.444 e. The normalized spacial score (nSPS) is 19.8. The molecule has 2 aliphatic heterocycles. The van der Waals surface area contributed by atoms with Gasteiger partial charge in [-0.15, -0.1) is 24.0 Å². The van der Waals surface area contributed by atoms with E-state index in [4.69, 9.17) is 9.47 Å². The zero-order valence-electron chi connectivity index (χ0n) is 20.2. The summed E-state index contributed by atoms with van der Waals surface area (Å²) in [6, 6.07) is 0.0625. The lowest BCUT2D eigenvalue weighted by atomic mass is 10.2. The number of aliphatic imine (C=N–C) groups is 1. The minimum absolute atomic E-state index is 0. The molecule has 2 amide bonds. The highest BCUT2D eigenvalue weighted by Crippen LogP contribution is 2.15. The summed E-state index contributed by atoms with van der Waals surface area (Å²) in [7, 11) is 3.44. The number of likely N-dealkylation sites (N-methyl/N-ethyl adjacent to an activating group) is 1. The predicted molar refractivity (Wildman–Crippen MR) is 136 cm³/mol. The Hall–Kier alpha value is -1.34. The van der Waals surface area contributed by atoms with Crippen molar-refractivity contribution in [3.05, 3.63) is 0 Å². The van der Waals surface area contributed by atoms with Crippen LogP contribution in [0, 0.1) is 0 Å². The van der Waals surface area contributed by atoms with Crippen LogP contribution in [0.3, 0.4) is 0 Å². The Morgan fingerprint density at radius 1 is 1.19 bits per heavy atom. The monoisotopic (exact) mass is 568 g/mol. The van der Waals surface area contributed by atoms with Gasteiger partial charge in [-0.1, -0.05) is 0 Å². The largest absolute Gasteiger partial charge is 0.444 e. The summed E-state index contributed by atoms with van der Waals surface area (Å²) >= 11 is 0. The number of carbonyl (C=O) groups excluding carboxylic acids is 2. The molecule has 2 saturated heterocycles. The van der Waals surface area contributed by atoms with Gasteiger partial charge in [0.25, 0.3) is 0 Å². The fourth-order valence-electron chi connectivity index (χ4n) is 3.34. The molecule has 2 rings (SSSR count). The van der Waals surface area contributed by atoms with E-state index >= 15 is 0 Å². The highest BCUT2D eigenvalue weighted by atomic mass is 127. The molecular formula is C21H41IN6O4. The molecule has 0 saturated carbocycles. The van der Waals surface area contributed by atoms with Crippen molar-refractivity contribution < 1.29 is 19.1 Å². The van der Waals surface area contributed by atoms with E-state index in [9.17, 15) is 9.59 Å². The number of nitrogens with zero attached hydrogens (tertiary/aromatic N) is 4. The second kappa shape index (κ2) is 14.0. The van der Waals surface area contributed by atoms with E-state index in [0.29, 0.717) is 19.0 Å². The summed E-state index contributed by atoms with van der Waals surface area (Å²) in [6.07, 6.45) is 1.48. The third-order valence-corrected chi connectivity index (χ3v) is 5.10. The number of likely N-dealkylation sites (tertiary alicyclic amines) is 1. The molecule has 0 radical (unpaired) electrons. The van der Waals surface area contributed by atoms with E-state index in [-0.39, 0.29) is 48.6 Å². The molecule has 0 bridgehead atoms. The van der Waals surface area contributed by atoms with Crippen LogP contribution in [-0.4, -0.2) is 117 Å². The van der Waals surface area contributed by atoms with Gasteiger partial charge in [-0.2, -0.15) is 0 Å². The van der Waals surface area contributed by atoms with Crippen molar-refractivity contribution in [1.29, 1.82) is 0 Å². The number of carbonyl (C=O) groups is 2. The quantitative estimate of drug-likeness (QED) is 0.204. The molecule has 2 N–H and O–H groups in total. The van der Waals surface area contributed by atoms with Crippen LogP contribution in [0.5, 0.6) is 0 Å². The van der Waals surface area contributed by atoms with E-state index in [2.05, 4.69) is 20.5 Å². The van der Waals surface area contributed by atoms with E-state index in [0.717, 1.165) is 52.2 Å². The van der Waals surface area contributed by atoms with Gasteiger partial charge < -0.3 is 29.9 Å². The van der Waals surface area contributed by atoms with Crippen LogP contribution < -0.4 is 10.6 Å². The van der Waals surface area contributed by atoms with Gasteiger partial charge in [0.05, 0.1) is 13.2 Å². The molecule has 0 aromatic rings. The number of halogens is 1. The molecule has 32 heavy (non-hydrogen) atoms.